The van der Waals surface area contributed by atoms with Gasteiger partial charge in [0.1, 0.15) is 6.54 Å². The molecule has 0 aliphatic carbocycles. The van der Waals surface area contributed by atoms with Crippen molar-refractivity contribution in [2.75, 3.05) is 26.0 Å². The van der Waals surface area contributed by atoms with E-state index < -0.39 is 5.82 Å². The van der Waals surface area contributed by atoms with Crippen molar-refractivity contribution in [2.24, 2.45) is 0 Å². The van der Waals surface area contributed by atoms with Crippen molar-refractivity contribution in [3.63, 3.8) is 0 Å². The van der Waals surface area contributed by atoms with Crippen LogP contribution in [-0.4, -0.2) is 31.6 Å². The van der Waals surface area contributed by atoms with E-state index in [1.807, 2.05) is 7.05 Å². The quantitative estimate of drug-likeness (QED) is 0.816. The predicted molar refractivity (Wildman–Crippen MR) is 91.3 cm³/mol. The number of quaternary nitrogens is 1. The number of rotatable bonds is 6. The summed E-state index contributed by atoms with van der Waals surface area (Å²) in [6.45, 7) is 0.657. The summed E-state index contributed by atoms with van der Waals surface area (Å²) in [7, 11) is 3.24. The number of nitrogens with zero attached hydrogens (tertiary/aromatic N) is 1. The van der Waals surface area contributed by atoms with Crippen LogP contribution in [0.1, 0.15) is 5.56 Å². The van der Waals surface area contributed by atoms with Crippen LogP contribution in [0.2, 0.25) is 10.0 Å². The Hall–Kier alpha value is -1.89. The lowest BCUT2D eigenvalue weighted by atomic mass is 10.2. The third kappa shape index (κ3) is 5.06. The second kappa shape index (κ2) is 8.28. The van der Waals surface area contributed by atoms with Crippen molar-refractivity contribution in [3.05, 3.63) is 51.9 Å². The molecule has 2 rings (SSSR count). The summed E-state index contributed by atoms with van der Waals surface area (Å²) in [5.41, 5.74) is 0.765. The summed E-state index contributed by atoms with van der Waals surface area (Å²) >= 11 is 11.7. The molecule has 1 unspecified atom stereocenters. The summed E-state index contributed by atoms with van der Waals surface area (Å²) in [5.74, 6) is -0.227. The first-order valence-corrected chi connectivity index (χ1v) is 7.89. The molecule has 128 valence electrons. The van der Waals surface area contributed by atoms with E-state index >= 15 is 0 Å². The fourth-order valence-corrected chi connectivity index (χ4v) is 2.62. The number of halogens is 3. The Bertz CT molecular complexity index is 743. The van der Waals surface area contributed by atoms with Crippen LogP contribution in [0.25, 0.3) is 0 Å². The molecule has 1 aromatic carbocycles. The van der Waals surface area contributed by atoms with Crippen LogP contribution in [0.4, 0.5) is 10.2 Å². The highest BCUT2D eigenvalue weighted by Gasteiger charge is 2.14. The maximum Gasteiger partial charge on any atom is 0.280 e. The normalized spacial score (nSPS) is 11.9. The van der Waals surface area contributed by atoms with Crippen LogP contribution in [0.5, 0.6) is 5.75 Å². The van der Waals surface area contributed by atoms with Crippen LogP contribution < -0.4 is 15.0 Å². The number of aromatic nitrogens is 1. The van der Waals surface area contributed by atoms with Gasteiger partial charge in [-0.05, 0) is 24.3 Å². The summed E-state index contributed by atoms with van der Waals surface area (Å²) in [6, 6.07) is 6.23. The molecule has 2 N–H and O–H groups in total. The van der Waals surface area contributed by atoms with E-state index in [4.69, 9.17) is 27.9 Å². The summed E-state index contributed by atoms with van der Waals surface area (Å²) in [5, 5.41) is 3.29. The molecular weight excluding hydrogens is 356 g/mol. The van der Waals surface area contributed by atoms with E-state index in [9.17, 15) is 9.18 Å². The number of likely N-dealkylation sites (N-methyl/N-ethyl adjacent to an activating group) is 1. The fourth-order valence-electron chi connectivity index (χ4n) is 2.19. The van der Waals surface area contributed by atoms with Gasteiger partial charge in [0.25, 0.3) is 5.91 Å². The first kappa shape index (κ1) is 18.4. The van der Waals surface area contributed by atoms with Crippen molar-refractivity contribution < 1.29 is 18.8 Å². The van der Waals surface area contributed by atoms with Gasteiger partial charge in [0, 0.05) is 11.8 Å². The van der Waals surface area contributed by atoms with Crippen LogP contribution in [0.3, 0.4) is 0 Å². The van der Waals surface area contributed by atoms with Gasteiger partial charge in [0.2, 0.25) is 0 Å². The smallest absolute Gasteiger partial charge is 0.280 e. The molecule has 1 atom stereocenters. The highest BCUT2D eigenvalue weighted by Crippen LogP contribution is 2.22. The largest absolute Gasteiger partial charge is 0.494 e. The van der Waals surface area contributed by atoms with Gasteiger partial charge >= 0.3 is 0 Å². The first-order chi connectivity index (χ1) is 11.4. The highest BCUT2D eigenvalue weighted by molar-refractivity contribution is 6.36. The van der Waals surface area contributed by atoms with Crippen molar-refractivity contribution >= 4 is 34.9 Å². The summed E-state index contributed by atoms with van der Waals surface area (Å²) in [4.78, 5) is 16.9. The van der Waals surface area contributed by atoms with Crippen LogP contribution in [0, 0.1) is 5.82 Å². The van der Waals surface area contributed by atoms with Crippen LogP contribution in [-0.2, 0) is 11.3 Å². The molecule has 0 saturated carbocycles. The zero-order valence-electron chi connectivity index (χ0n) is 13.2. The lowest BCUT2D eigenvalue weighted by Gasteiger charge is -2.14. The van der Waals surface area contributed by atoms with Crippen molar-refractivity contribution in [2.45, 2.75) is 6.54 Å². The lowest BCUT2D eigenvalue weighted by Crippen LogP contribution is -3.08. The fraction of sp³-hybridized carbons (Fsp3) is 0.250. The van der Waals surface area contributed by atoms with Gasteiger partial charge < -0.3 is 15.0 Å². The average Bonchev–Trinajstić information content (AvgIpc) is 2.50. The number of hydrogen-bond acceptors (Lipinski definition) is 3. The minimum absolute atomic E-state index is 0.175. The number of methoxy groups -OCH3 is 1. The first-order valence-electron chi connectivity index (χ1n) is 7.13. The zero-order valence-corrected chi connectivity index (χ0v) is 14.7. The third-order valence-corrected chi connectivity index (χ3v) is 3.74. The van der Waals surface area contributed by atoms with Gasteiger partial charge in [-0.3, -0.25) is 4.79 Å². The molecule has 8 heteroatoms. The standard InChI is InChI=1S/C16H16Cl2FN3O2/c1-22(8-10-3-4-14(24-2)13(19)5-10)9-15(23)21-16-12(18)6-11(17)7-20-16/h3-7H,8-9H2,1-2H3,(H,20,21,23)/p+1. The molecule has 0 bridgehead atoms. The van der Waals surface area contributed by atoms with Gasteiger partial charge in [-0.25, -0.2) is 9.37 Å². The number of nitrogens with one attached hydrogen (secondary N) is 2. The third-order valence-electron chi connectivity index (χ3n) is 3.25. The lowest BCUT2D eigenvalue weighted by molar-refractivity contribution is -0.885. The number of benzene rings is 1. The second-order valence-electron chi connectivity index (χ2n) is 5.31. The Morgan fingerprint density at radius 1 is 1.38 bits per heavy atom. The minimum Gasteiger partial charge on any atom is -0.494 e. The van der Waals surface area contributed by atoms with Crippen molar-refractivity contribution in [1.82, 2.24) is 4.98 Å². The van der Waals surface area contributed by atoms with Crippen molar-refractivity contribution in [1.29, 1.82) is 0 Å². The Labute approximate surface area is 149 Å². The van der Waals surface area contributed by atoms with E-state index in [0.29, 0.717) is 11.6 Å². The zero-order chi connectivity index (χ0) is 17.7. The average molecular weight is 373 g/mol. The second-order valence-corrected chi connectivity index (χ2v) is 6.16. The maximum absolute atomic E-state index is 13.7. The molecule has 1 heterocycles. The van der Waals surface area contributed by atoms with E-state index in [1.54, 1.807) is 12.1 Å². The SMILES string of the molecule is COc1ccc(C[NH+](C)CC(=O)Nc2ncc(Cl)cc2Cl)cc1F. The molecule has 0 spiro atoms. The molecule has 0 saturated heterocycles. The number of carbonyl (C=O) groups is 1. The number of carbonyl (C=O) groups excluding carboxylic acids is 1. The topological polar surface area (TPSA) is 55.7 Å². The van der Waals surface area contributed by atoms with Gasteiger partial charge in [-0.1, -0.05) is 23.2 Å². The molecule has 0 aliphatic heterocycles. The van der Waals surface area contributed by atoms with E-state index in [1.165, 1.54) is 25.4 Å². The van der Waals surface area contributed by atoms with E-state index in [2.05, 4.69) is 10.3 Å². The number of hydrogen-bond donors (Lipinski definition) is 2. The molecule has 2 aromatic rings. The molecule has 0 fully saturated rings. The number of ether oxygens (including phenoxy) is 1. The monoisotopic (exact) mass is 372 g/mol. The summed E-state index contributed by atoms with van der Waals surface area (Å²) < 4.78 is 18.6. The highest BCUT2D eigenvalue weighted by atomic mass is 35.5. The minimum atomic E-state index is -0.426. The molecule has 1 amide bonds. The summed E-state index contributed by atoms with van der Waals surface area (Å²) in [6.07, 6.45) is 1.40. The van der Waals surface area contributed by atoms with E-state index in [-0.39, 0.29) is 29.0 Å². The Balaban J connectivity index is 1.92. The molecule has 0 aliphatic rings. The molecular formula is C16H17Cl2FN3O2+. The molecule has 1 aromatic heterocycles. The van der Waals surface area contributed by atoms with Gasteiger partial charge in [0.05, 0.1) is 24.2 Å². The molecule has 5 nitrogen and oxygen atoms in total. The number of amides is 1. The molecule has 24 heavy (non-hydrogen) atoms. The van der Waals surface area contributed by atoms with Crippen LogP contribution >= 0.6 is 23.2 Å². The number of pyridine rings is 1. The Morgan fingerprint density at radius 3 is 2.75 bits per heavy atom. The Morgan fingerprint density at radius 2 is 2.12 bits per heavy atom. The maximum atomic E-state index is 13.7. The predicted octanol–water partition coefficient (Wildman–Crippen LogP) is 2.19. The Kier molecular flexibility index (Phi) is 6.36. The van der Waals surface area contributed by atoms with E-state index in [0.717, 1.165) is 10.5 Å². The van der Waals surface area contributed by atoms with Gasteiger partial charge in [-0.2, -0.15) is 0 Å². The number of anilines is 1. The molecule has 0 radical (unpaired) electrons. The van der Waals surface area contributed by atoms with Crippen LogP contribution in [0.15, 0.2) is 30.5 Å². The van der Waals surface area contributed by atoms with Crippen molar-refractivity contribution in [3.8, 4) is 5.75 Å². The van der Waals surface area contributed by atoms with Gasteiger partial charge in [0.15, 0.2) is 23.9 Å². The van der Waals surface area contributed by atoms with Gasteiger partial charge in [-0.15, -0.1) is 0 Å².